The van der Waals surface area contributed by atoms with Crippen molar-refractivity contribution in [2.45, 2.75) is 78.5 Å². The smallest absolute Gasteiger partial charge is 0.330 e. The molecule has 2 amide bonds. The number of ether oxygens (including phenoxy) is 2. The number of benzene rings is 2. The van der Waals surface area contributed by atoms with Crippen LogP contribution in [0.3, 0.4) is 0 Å². The zero-order valence-electron chi connectivity index (χ0n) is 31.8. The van der Waals surface area contributed by atoms with Crippen LogP contribution in [0.4, 0.5) is 33.6 Å². The van der Waals surface area contributed by atoms with Crippen molar-refractivity contribution in [3.63, 3.8) is 0 Å². The normalized spacial score (nSPS) is 15.6. The SMILES string of the molecule is COC(=O)CCCN1C(=O)N(c2c(C)cccc2C)Cc2cnc(Nc3cc(C(C)(C)O[Si]C(C)(C)C)c(N4CCN(C)CC4)cc3OC)nc21. The van der Waals surface area contributed by atoms with Crippen molar-refractivity contribution in [1.82, 2.24) is 14.9 Å². The number of carbonyl (C=O) groups excluding carboxylic acids is 2. The van der Waals surface area contributed by atoms with Gasteiger partial charge in [-0.05, 0) is 63.4 Å². The number of aromatic nitrogens is 2. The fraction of sp³-hybridized carbons (Fsp3) is 0.526. The van der Waals surface area contributed by atoms with Crippen molar-refractivity contribution < 1.29 is 23.5 Å². The molecule has 0 saturated carbocycles. The lowest BCUT2D eigenvalue weighted by atomic mass is 9.94. The molecule has 0 aliphatic carbocycles. The molecule has 1 N–H and O–H groups in total. The van der Waals surface area contributed by atoms with Gasteiger partial charge in [-0.1, -0.05) is 39.0 Å². The third-order valence-corrected chi connectivity index (χ3v) is 10.5. The molecule has 3 aromatic rings. The Balaban J connectivity index is 1.54. The summed E-state index contributed by atoms with van der Waals surface area (Å²) in [6, 6.07) is 9.96. The molecule has 2 radical (unpaired) electrons. The van der Waals surface area contributed by atoms with Gasteiger partial charge in [0, 0.05) is 68.2 Å². The van der Waals surface area contributed by atoms with E-state index in [-0.39, 0.29) is 30.0 Å². The highest BCUT2D eigenvalue weighted by Gasteiger charge is 2.35. The Bertz CT molecular complexity index is 1720. The fourth-order valence-electron chi connectivity index (χ4n) is 6.45. The number of esters is 1. The number of piperazine rings is 1. The molecule has 0 unspecified atom stereocenters. The second-order valence-electron chi connectivity index (χ2n) is 14.9. The minimum absolute atomic E-state index is 0.0173. The Labute approximate surface area is 305 Å². The maximum atomic E-state index is 14.2. The van der Waals surface area contributed by atoms with Crippen LogP contribution >= 0.6 is 0 Å². The third-order valence-electron chi connectivity index (χ3n) is 9.26. The summed E-state index contributed by atoms with van der Waals surface area (Å²) in [6.07, 6.45) is 2.37. The van der Waals surface area contributed by atoms with Crippen molar-refractivity contribution >= 4 is 50.6 Å². The first kappa shape index (κ1) is 38.0. The predicted molar refractivity (Wildman–Crippen MR) is 204 cm³/mol. The Morgan fingerprint density at radius 1 is 1.02 bits per heavy atom. The zero-order valence-corrected chi connectivity index (χ0v) is 32.8. The van der Waals surface area contributed by atoms with Gasteiger partial charge < -0.3 is 29.0 Å². The number of rotatable bonds is 12. The molecule has 2 aliphatic heterocycles. The van der Waals surface area contributed by atoms with E-state index in [2.05, 4.69) is 68.9 Å². The maximum Gasteiger partial charge on any atom is 0.330 e. The zero-order chi connectivity index (χ0) is 37.1. The van der Waals surface area contributed by atoms with Crippen molar-refractivity contribution in [2.24, 2.45) is 0 Å². The summed E-state index contributed by atoms with van der Waals surface area (Å²) < 4.78 is 17.5. The van der Waals surface area contributed by atoms with Gasteiger partial charge in [0.15, 0.2) is 0 Å². The van der Waals surface area contributed by atoms with Crippen molar-refractivity contribution in [2.75, 3.05) is 74.0 Å². The Morgan fingerprint density at radius 2 is 1.71 bits per heavy atom. The first-order valence-electron chi connectivity index (χ1n) is 17.6. The number of nitrogens with one attached hydrogen (secondary N) is 1. The van der Waals surface area contributed by atoms with E-state index in [0.717, 1.165) is 59.8 Å². The van der Waals surface area contributed by atoms with E-state index in [1.807, 2.05) is 32.0 Å². The van der Waals surface area contributed by atoms with E-state index in [0.29, 0.717) is 45.9 Å². The lowest BCUT2D eigenvalue weighted by Crippen LogP contribution is -2.49. The average molecular weight is 716 g/mol. The molecular weight excluding hydrogens is 663 g/mol. The molecule has 2 aliphatic rings. The molecule has 1 aromatic heterocycles. The summed E-state index contributed by atoms with van der Waals surface area (Å²) in [4.78, 5) is 44.0. The highest BCUT2D eigenvalue weighted by atomic mass is 28.2. The summed E-state index contributed by atoms with van der Waals surface area (Å²) in [6.45, 7) is 19.1. The number of likely N-dealkylation sites (N-methyl/N-ethyl adjacent to an activating group) is 1. The molecule has 1 saturated heterocycles. The van der Waals surface area contributed by atoms with Gasteiger partial charge in [-0.25, -0.2) is 9.78 Å². The summed E-state index contributed by atoms with van der Waals surface area (Å²) in [5, 5.41) is 3.44. The summed E-state index contributed by atoms with van der Waals surface area (Å²) in [5.74, 6) is 1.16. The van der Waals surface area contributed by atoms with E-state index in [1.54, 1.807) is 23.1 Å². The molecule has 3 heterocycles. The topological polar surface area (TPSA) is 113 Å². The van der Waals surface area contributed by atoms with E-state index >= 15 is 0 Å². The van der Waals surface area contributed by atoms with Crippen LogP contribution in [0, 0.1) is 13.8 Å². The van der Waals surface area contributed by atoms with Crippen molar-refractivity contribution in [3.05, 3.63) is 58.8 Å². The second kappa shape index (κ2) is 15.6. The van der Waals surface area contributed by atoms with E-state index < -0.39 is 5.60 Å². The highest BCUT2D eigenvalue weighted by Crippen LogP contribution is 2.43. The number of hydrogen-bond acceptors (Lipinski definition) is 10. The lowest BCUT2D eigenvalue weighted by molar-refractivity contribution is -0.140. The number of para-hydroxylation sites is 1. The number of anilines is 5. The molecule has 0 spiro atoms. The number of fused-ring (bicyclic) bond motifs is 1. The first-order chi connectivity index (χ1) is 24.1. The Hall–Kier alpha value is -4.20. The molecule has 0 bridgehead atoms. The predicted octanol–water partition coefficient (Wildman–Crippen LogP) is 6.59. The van der Waals surface area contributed by atoms with Gasteiger partial charge >= 0.3 is 12.0 Å². The number of aryl methyl sites for hydroxylation is 2. The van der Waals surface area contributed by atoms with Gasteiger partial charge in [0.2, 0.25) is 15.7 Å². The van der Waals surface area contributed by atoms with Crippen LogP contribution in [-0.4, -0.2) is 90.6 Å². The molecule has 274 valence electrons. The summed E-state index contributed by atoms with van der Waals surface area (Å²) >= 11 is 0. The standard InChI is InChI=1S/C38H53N7O5Si/c1-25-13-11-14-26(2)33(25)45-24-27-23-39-35(41-34(27)44(36(45)47)16-12-15-32(46)49-10)40-29-21-28(38(6,7)50-51-37(3,4)5)30(22-31(29)48-9)43-19-17-42(8)18-20-43/h11,13-14,21-23H,12,15-20,24H2,1-10H3,(H,39,40,41). The second-order valence-corrected chi connectivity index (χ2v) is 16.8. The monoisotopic (exact) mass is 715 g/mol. The number of hydrogen-bond donors (Lipinski definition) is 1. The van der Waals surface area contributed by atoms with Crippen LogP contribution in [0.25, 0.3) is 0 Å². The Morgan fingerprint density at radius 3 is 2.33 bits per heavy atom. The molecule has 51 heavy (non-hydrogen) atoms. The van der Waals surface area contributed by atoms with Crippen molar-refractivity contribution in [3.8, 4) is 5.75 Å². The third kappa shape index (κ3) is 8.82. The lowest BCUT2D eigenvalue weighted by Gasteiger charge is -2.39. The van der Waals surface area contributed by atoms with E-state index in [1.165, 1.54) is 7.11 Å². The molecular formula is C38H53N7O5Si. The van der Waals surface area contributed by atoms with Gasteiger partial charge in [0.25, 0.3) is 0 Å². The number of urea groups is 1. The maximum absolute atomic E-state index is 14.2. The largest absolute Gasteiger partial charge is 0.494 e. The molecule has 5 rings (SSSR count). The quantitative estimate of drug-likeness (QED) is 0.163. The minimum atomic E-state index is -0.607. The fourth-order valence-corrected chi connectivity index (χ4v) is 7.12. The average Bonchev–Trinajstić information content (AvgIpc) is 3.08. The van der Waals surface area contributed by atoms with Gasteiger partial charge in [0.1, 0.15) is 11.6 Å². The number of methoxy groups -OCH3 is 2. The van der Waals surface area contributed by atoms with Crippen LogP contribution in [0.2, 0.25) is 5.04 Å². The van der Waals surface area contributed by atoms with E-state index in [4.69, 9.17) is 23.9 Å². The van der Waals surface area contributed by atoms with Crippen LogP contribution in [0.1, 0.15) is 69.7 Å². The number of amides is 2. The van der Waals surface area contributed by atoms with Crippen molar-refractivity contribution in [1.29, 1.82) is 0 Å². The number of nitrogens with zero attached hydrogens (tertiary/aromatic N) is 6. The number of carbonyl (C=O) groups is 2. The molecule has 2 aromatic carbocycles. The van der Waals surface area contributed by atoms with Crippen LogP contribution in [-0.2, 0) is 26.1 Å². The summed E-state index contributed by atoms with van der Waals surface area (Å²) in [5.41, 5.74) is 5.86. The van der Waals surface area contributed by atoms with Gasteiger partial charge in [-0.15, -0.1) is 0 Å². The van der Waals surface area contributed by atoms with Crippen LogP contribution in [0.5, 0.6) is 5.75 Å². The summed E-state index contributed by atoms with van der Waals surface area (Å²) in [7, 11) is 5.47. The molecule has 12 nitrogen and oxygen atoms in total. The highest BCUT2D eigenvalue weighted by molar-refractivity contribution is 6.31. The van der Waals surface area contributed by atoms with E-state index in [9.17, 15) is 9.59 Å². The molecule has 1 fully saturated rings. The van der Waals surface area contributed by atoms with Gasteiger partial charge in [0.05, 0.1) is 37.7 Å². The Kier molecular flexibility index (Phi) is 11.6. The first-order valence-corrected chi connectivity index (χ1v) is 18.5. The van der Waals surface area contributed by atoms with Crippen LogP contribution < -0.4 is 24.8 Å². The van der Waals surface area contributed by atoms with Gasteiger partial charge in [-0.3, -0.25) is 14.6 Å². The molecule has 13 heteroatoms. The van der Waals surface area contributed by atoms with Crippen LogP contribution in [0.15, 0.2) is 36.5 Å². The minimum Gasteiger partial charge on any atom is -0.494 e. The molecule has 0 atom stereocenters. The van der Waals surface area contributed by atoms with Gasteiger partial charge in [-0.2, -0.15) is 4.98 Å².